The van der Waals surface area contributed by atoms with Gasteiger partial charge in [0.15, 0.2) is 0 Å². The molecule has 1 heterocycles. The first-order valence-corrected chi connectivity index (χ1v) is 6.40. The zero-order chi connectivity index (χ0) is 16.1. The summed E-state index contributed by atoms with van der Waals surface area (Å²) >= 11 is 0. The summed E-state index contributed by atoms with van der Waals surface area (Å²) in [7, 11) is 0. The van der Waals surface area contributed by atoms with Crippen LogP contribution in [0.5, 0.6) is 0 Å². The Morgan fingerprint density at radius 1 is 1.09 bits per heavy atom. The van der Waals surface area contributed by atoms with E-state index in [1.807, 2.05) is 0 Å². The maximum absolute atomic E-state index is 13.0. The van der Waals surface area contributed by atoms with E-state index in [0.29, 0.717) is 5.69 Å². The minimum atomic E-state index is -0.642. The van der Waals surface area contributed by atoms with Crippen molar-refractivity contribution in [2.75, 3.05) is 11.4 Å². The lowest BCUT2D eigenvalue weighted by Crippen LogP contribution is -2.25. The molecule has 114 valence electrons. The highest BCUT2D eigenvalue weighted by atomic mass is 19.1. The van der Waals surface area contributed by atoms with E-state index in [-0.39, 0.29) is 30.3 Å². The molecule has 0 atom stereocenters. The van der Waals surface area contributed by atoms with Crippen LogP contribution in [0.1, 0.15) is 16.8 Å². The fourth-order valence-electron chi connectivity index (χ4n) is 1.78. The molecule has 0 unspecified atom stereocenters. The summed E-state index contributed by atoms with van der Waals surface area (Å²) in [6, 6.07) is 5.62. The number of nitrogens with zero attached hydrogens (tertiary/aromatic N) is 3. The molecule has 0 radical (unpaired) electrons. The second kappa shape index (κ2) is 6.61. The fourth-order valence-corrected chi connectivity index (χ4v) is 1.78. The minimum absolute atomic E-state index is 0.0678. The normalized spacial score (nSPS) is 10.2. The van der Waals surface area contributed by atoms with Crippen LogP contribution < -0.4 is 16.4 Å². The molecule has 1 aromatic heterocycles. The van der Waals surface area contributed by atoms with Gasteiger partial charge in [0, 0.05) is 31.0 Å². The Bertz CT molecular complexity index is 673. The summed E-state index contributed by atoms with van der Waals surface area (Å²) in [5.74, 6) is -1.26. The first-order chi connectivity index (χ1) is 10.5. The predicted molar refractivity (Wildman–Crippen MR) is 77.8 cm³/mol. The summed E-state index contributed by atoms with van der Waals surface area (Å²) in [6.45, 7) is 0.219. The molecule has 0 aliphatic heterocycles. The molecule has 8 heteroatoms. The molecule has 1 aromatic carbocycles. The first-order valence-electron chi connectivity index (χ1n) is 6.40. The van der Waals surface area contributed by atoms with Crippen molar-refractivity contribution in [3.05, 3.63) is 48.0 Å². The predicted octanol–water partition coefficient (Wildman–Crippen LogP) is 0.728. The largest absolute Gasteiger partial charge is 0.370 e. The lowest BCUT2D eigenvalue weighted by atomic mass is 10.2. The lowest BCUT2D eigenvalue weighted by Gasteiger charge is -2.22. The van der Waals surface area contributed by atoms with Crippen LogP contribution in [0.4, 0.5) is 16.0 Å². The quantitative estimate of drug-likeness (QED) is 0.816. The third-order valence-electron chi connectivity index (χ3n) is 2.88. The molecular formula is C14H14FN5O2. The van der Waals surface area contributed by atoms with Gasteiger partial charge in [-0.15, -0.1) is 0 Å². The van der Waals surface area contributed by atoms with E-state index in [9.17, 15) is 14.0 Å². The van der Waals surface area contributed by atoms with E-state index in [1.54, 1.807) is 4.90 Å². The van der Waals surface area contributed by atoms with Crippen molar-refractivity contribution in [2.45, 2.75) is 6.42 Å². The van der Waals surface area contributed by atoms with E-state index >= 15 is 0 Å². The highest BCUT2D eigenvalue weighted by Gasteiger charge is 2.14. The van der Waals surface area contributed by atoms with Gasteiger partial charge in [-0.1, -0.05) is 0 Å². The van der Waals surface area contributed by atoms with Gasteiger partial charge in [0.05, 0.1) is 5.56 Å². The Labute approximate surface area is 125 Å². The van der Waals surface area contributed by atoms with Crippen LogP contribution >= 0.6 is 0 Å². The summed E-state index contributed by atoms with van der Waals surface area (Å²) < 4.78 is 13.0. The zero-order valence-electron chi connectivity index (χ0n) is 11.6. The van der Waals surface area contributed by atoms with Crippen LogP contribution in [0.15, 0.2) is 36.7 Å². The summed E-state index contributed by atoms with van der Waals surface area (Å²) in [6.07, 6.45) is 2.63. The number of amides is 2. The number of aromatic nitrogens is 2. The van der Waals surface area contributed by atoms with Crippen molar-refractivity contribution in [2.24, 2.45) is 11.5 Å². The Morgan fingerprint density at radius 3 is 2.18 bits per heavy atom. The van der Waals surface area contributed by atoms with Gasteiger partial charge >= 0.3 is 0 Å². The Kier molecular flexibility index (Phi) is 4.62. The summed E-state index contributed by atoms with van der Waals surface area (Å²) in [5, 5.41) is 0. The lowest BCUT2D eigenvalue weighted by molar-refractivity contribution is -0.117. The van der Waals surface area contributed by atoms with Gasteiger partial charge in [-0.3, -0.25) is 9.59 Å². The number of primary amides is 2. The molecule has 22 heavy (non-hydrogen) atoms. The summed E-state index contributed by atoms with van der Waals surface area (Å²) in [5.41, 5.74) is 11.0. The van der Waals surface area contributed by atoms with E-state index in [2.05, 4.69) is 9.97 Å². The molecule has 2 aromatic rings. The van der Waals surface area contributed by atoms with E-state index < -0.39 is 11.8 Å². The SMILES string of the molecule is NC(=O)CCN(c1ccc(F)cc1)c1ncc(C(N)=O)cn1. The Morgan fingerprint density at radius 2 is 1.68 bits per heavy atom. The number of hydrogen-bond donors (Lipinski definition) is 2. The van der Waals surface area contributed by atoms with Gasteiger partial charge < -0.3 is 16.4 Å². The fraction of sp³-hybridized carbons (Fsp3) is 0.143. The van der Waals surface area contributed by atoms with Gasteiger partial charge in [-0.05, 0) is 24.3 Å². The van der Waals surface area contributed by atoms with Crippen LogP contribution in [0.2, 0.25) is 0 Å². The average Bonchev–Trinajstić information content (AvgIpc) is 2.49. The molecule has 2 rings (SSSR count). The number of carbonyl (C=O) groups is 2. The smallest absolute Gasteiger partial charge is 0.251 e. The van der Waals surface area contributed by atoms with E-state index in [1.165, 1.54) is 36.7 Å². The van der Waals surface area contributed by atoms with Crippen molar-refractivity contribution >= 4 is 23.5 Å². The van der Waals surface area contributed by atoms with E-state index in [0.717, 1.165) is 0 Å². The highest BCUT2D eigenvalue weighted by Crippen LogP contribution is 2.22. The second-order valence-corrected chi connectivity index (χ2v) is 4.48. The van der Waals surface area contributed by atoms with E-state index in [4.69, 9.17) is 11.5 Å². The average molecular weight is 303 g/mol. The molecule has 0 aliphatic carbocycles. The number of carbonyl (C=O) groups excluding carboxylic acids is 2. The monoisotopic (exact) mass is 303 g/mol. The van der Waals surface area contributed by atoms with Gasteiger partial charge in [-0.25, -0.2) is 14.4 Å². The highest BCUT2D eigenvalue weighted by molar-refractivity contribution is 5.92. The number of halogens is 1. The van der Waals surface area contributed by atoms with Gasteiger partial charge in [-0.2, -0.15) is 0 Å². The van der Waals surface area contributed by atoms with Crippen LogP contribution in [-0.2, 0) is 4.79 Å². The maximum Gasteiger partial charge on any atom is 0.251 e. The number of hydrogen-bond acceptors (Lipinski definition) is 5. The molecule has 2 amide bonds. The Balaban J connectivity index is 2.32. The molecule has 7 nitrogen and oxygen atoms in total. The van der Waals surface area contributed by atoms with Gasteiger partial charge in [0.2, 0.25) is 11.9 Å². The molecular weight excluding hydrogens is 289 g/mol. The van der Waals surface area contributed by atoms with Gasteiger partial charge in [0.1, 0.15) is 5.82 Å². The molecule has 0 saturated heterocycles. The number of nitrogens with two attached hydrogens (primary N) is 2. The number of rotatable bonds is 6. The van der Waals surface area contributed by atoms with Crippen molar-refractivity contribution in [3.8, 4) is 0 Å². The third kappa shape index (κ3) is 3.75. The minimum Gasteiger partial charge on any atom is -0.370 e. The topological polar surface area (TPSA) is 115 Å². The van der Waals surface area contributed by atoms with Gasteiger partial charge in [0.25, 0.3) is 5.91 Å². The number of benzene rings is 1. The molecule has 0 bridgehead atoms. The molecule has 0 spiro atoms. The molecule has 0 fully saturated rings. The molecule has 0 aliphatic rings. The number of anilines is 2. The van der Waals surface area contributed by atoms with Crippen LogP contribution in [0, 0.1) is 5.82 Å². The Hall–Kier alpha value is -3.03. The van der Waals surface area contributed by atoms with Crippen LogP contribution in [0.25, 0.3) is 0 Å². The summed E-state index contributed by atoms with van der Waals surface area (Å²) in [4.78, 5) is 31.7. The molecule has 0 saturated carbocycles. The van der Waals surface area contributed by atoms with Crippen LogP contribution in [-0.4, -0.2) is 28.3 Å². The first kappa shape index (κ1) is 15.4. The molecule has 4 N–H and O–H groups in total. The van der Waals surface area contributed by atoms with Crippen molar-refractivity contribution in [1.82, 2.24) is 9.97 Å². The van der Waals surface area contributed by atoms with Crippen molar-refractivity contribution in [1.29, 1.82) is 0 Å². The third-order valence-corrected chi connectivity index (χ3v) is 2.88. The van der Waals surface area contributed by atoms with Crippen molar-refractivity contribution < 1.29 is 14.0 Å². The van der Waals surface area contributed by atoms with Crippen LogP contribution in [0.3, 0.4) is 0 Å². The van der Waals surface area contributed by atoms with Crippen molar-refractivity contribution in [3.63, 3.8) is 0 Å². The maximum atomic E-state index is 13.0. The standard InChI is InChI=1S/C14H14FN5O2/c15-10-1-3-11(4-2-10)20(6-5-12(16)21)14-18-7-9(8-19-14)13(17)22/h1-4,7-8H,5-6H2,(H2,16,21)(H2,17,22). The zero-order valence-corrected chi connectivity index (χ0v) is 11.6. The second-order valence-electron chi connectivity index (χ2n) is 4.48.